The number of ether oxygens (including phenoxy) is 1. The predicted octanol–water partition coefficient (Wildman–Crippen LogP) is 1.18. The van der Waals surface area contributed by atoms with E-state index in [0.29, 0.717) is 19.4 Å². The van der Waals surface area contributed by atoms with Gasteiger partial charge in [0.15, 0.2) is 0 Å². The Kier molecular flexibility index (Phi) is 20.9. The number of hydrogen-bond donors (Lipinski definition) is 0. The van der Waals surface area contributed by atoms with Crippen LogP contribution in [0.1, 0.15) is 84.0 Å². The Hall–Kier alpha value is 0.427. The maximum atomic E-state index is 10.2. The average Bonchev–Trinajstić information content (AvgIpc) is 2.45. The Morgan fingerprint density at radius 1 is 0.696 bits per heavy atom. The summed E-state index contributed by atoms with van der Waals surface area (Å²) in [6, 6.07) is 0. The molecule has 23 heavy (non-hydrogen) atoms. The smallest absolute Gasteiger partial charge is 0.726 e. The minimum Gasteiger partial charge on any atom is -0.726 e. The van der Waals surface area contributed by atoms with E-state index in [0.717, 1.165) is 13.0 Å². The first-order chi connectivity index (χ1) is 10.6. The van der Waals surface area contributed by atoms with Gasteiger partial charge in [-0.15, -0.1) is 0 Å². The molecule has 0 unspecified atom stereocenters. The van der Waals surface area contributed by atoms with Crippen LogP contribution in [0, 0.1) is 0 Å². The summed E-state index contributed by atoms with van der Waals surface area (Å²) in [4.78, 5) is 0. The average molecular weight is 344 g/mol. The minimum absolute atomic E-state index is 0. The number of hydrogen-bond acceptors (Lipinski definition) is 5. The number of rotatable bonds is 17. The molecule has 0 aromatic heterocycles. The van der Waals surface area contributed by atoms with Crippen molar-refractivity contribution >= 4 is 10.4 Å². The van der Waals surface area contributed by atoms with Crippen LogP contribution in [-0.4, -0.2) is 32.8 Å². The first-order valence-corrected chi connectivity index (χ1v) is 10.1. The standard InChI is InChI=1S/C16H34O5S.Li/c1-2-3-4-5-6-7-8-9-10-11-14-20-15-12-13-16-21-22(17,18)19;/h2-16H2,1H3,(H,17,18,19);/q;+1/p-1. The van der Waals surface area contributed by atoms with Crippen LogP contribution >= 0.6 is 0 Å². The first-order valence-electron chi connectivity index (χ1n) is 8.74. The van der Waals surface area contributed by atoms with Crippen molar-refractivity contribution in [3.8, 4) is 0 Å². The molecule has 0 aliphatic heterocycles. The van der Waals surface area contributed by atoms with E-state index in [1.807, 2.05) is 0 Å². The molecule has 0 radical (unpaired) electrons. The zero-order chi connectivity index (χ0) is 16.5. The fourth-order valence-electron chi connectivity index (χ4n) is 2.26. The third-order valence-corrected chi connectivity index (χ3v) is 4.01. The van der Waals surface area contributed by atoms with Gasteiger partial charge in [-0.05, 0) is 19.3 Å². The molecule has 0 rings (SSSR count). The van der Waals surface area contributed by atoms with E-state index in [1.165, 1.54) is 57.8 Å². The van der Waals surface area contributed by atoms with Crippen LogP contribution in [0.25, 0.3) is 0 Å². The van der Waals surface area contributed by atoms with Gasteiger partial charge in [0.1, 0.15) is 0 Å². The molecular formula is C16H33LiO5S. The summed E-state index contributed by atoms with van der Waals surface area (Å²) in [5, 5.41) is 0. The van der Waals surface area contributed by atoms with Crippen molar-refractivity contribution in [1.82, 2.24) is 0 Å². The van der Waals surface area contributed by atoms with Crippen molar-refractivity contribution in [3.63, 3.8) is 0 Å². The maximum absolute atomic E-state index is 10.2. The molecule has 0 bridgehead atoms. The van der Waals surface area contributed by atoms with Crippen molar-refractivity contribution in [1.29, 1.82) is 0 Å². The molecule has 0 heterocycles. The van der Waals surface area contributed by atoms with E-state index in [4.69, 9.17) is 4.74 Å². The maximum Gasteiger partial charge on any atom is 1.00 e. The largest absolute Gasteiger partial charge is 1.00 e. The van der Waals surface area contributed by atoms with Gasteiger partial charge in [-0.25, -0.2) is 8.42 Å². The second-order valence-electron chi connectivity index (χ2n) is 5.73. The Morgan fingerprint density at radius 2 is 1.09 bits per heavy atom. The van der Waals surface area contributed by atoms with Crippen molar-refractivity contribution in [3.05, 3.63) is 0 Å². The van der Waals surface area contributed by atoms with Crippen molar-refractivity contribution < 1.29 is 40.8 Å². The van der Waals surface area contributed by atoms with E-state index in [1.54, 1.807) is 0 Å². The van der Waals surface area contributed by atoms with Crippen LogP contribution in [0.5, 0.6) is 0 Å². The fraction of sp³-hybridized carbons (Fsp3) is 1.00. The van der Waals surface area contributed by atoms with Gasteiger partial charge in [0.2, 0.25) is 10.4 Å². The van der Waals surface area contributed by atoms with E-state index < -0.39 is 10.4 Å². The first kappa shape index (κ1) is 25.7. The van der Waals surface area contributed by atoms with E-state index >= 15 is 0 Å². The van der Waals surface area contributed by atoms with Gasteiger partial charge < -0.3 is 9.29 Å². The molecule has 0 saturated carbocycles. The van der Waals surface area contributed by atoms with Gasteiger partial charge in [-0.2, -0.15) is 0 Å². The molecular weight excluding hydrogens is 311 g/mol. The molecule has 5 nitrogen and oxygen atoms in total. The van der Waals surface area contributed by atoms with Crippen LogP contribution in [0.2, 0.25) is 0 Å². The Bertz CT molecular complexity index is 322. The molecule has 0 aromatic rings. The third kappa shape index (κ3) is 24.8. The molecule has 0 N–H and O–H groups in total. The van der Waals surface area contributed by atoms with Gasteiger partial charge in [-0.3, -0.25) is 4.18 Å². The van der Waals surface area contributed by atoms with Gasteiger partial charge in [-0.1, -0.05) is 64.7 Å². The Balaban J connectivity index is 0. The molecule has 0 aliphatic carbocycles. The zero-order valence-electron chi connectivity index (χ0n) is 15.1. The van der Waals surface area contributed by atoms with E-state index in [2.05, 4.69) is 11.1 Å². The van der Waals surface area contributed by atoms with Crippen molar-refractivity contribution in [2.75, 3.05) is 19.8 Å². The fourth-order valence-corrected chi connectivity index (χ4v) is 2.58. The van der Waals surface area contributed by atoms with E-state index in [9.17, 15) is 13.0 Å². The molecule has 0 amide bonds. The SMILES string of the molecule is CCCCCCCCCCCCOCCCCOS(=O)(=O)[O-].[Li+]. The summed E-state index contributed by atoms with van der Waals surface area (Å²) in [5.41, 5.74) is 0. The molecule has 0 fully saturated rings. The summed E-state index contributed by atoms with van der Waals surface area (Å²) in [7, 11) is -4.53. The summed E-state index contributed by atoms with van der Waals surface area (Å²) < 4.78 is 40.1. The molecule has 134 valence electrons. The van der Waals surface area contributed by atoms with Crippen LogP contribution in [-0.2, 0) is 19.3 Å². The van der Waals surface area contributed by atoms with Gasteiger partial charge in [0, 0.05) is 13.2 Å². The number of unbranched alkanes of at least 4 members (excludes halogenated alkanes) is 10. The van der Waals surface area contributed by atoms with Crippen LogP contribution < -0.4 is 18.9 Å². The summed E-state index contributed by atoms with van der Waals surface area (Å²) >= 11 is 0. The topological polar surface area (TPSA) is 75.7 Å². The summed E-state index contributed by atoms with van der Waals surface area (Å²) in [6.45, 7) is 3.55. The van der Waals surface area contributed by atoms with Crippen LogP contribution in [0.3, 0.4) is 0 Å². The Morgan fingerprint density at radius 3 is 1.57 bits per heavy atom. The van der Waals surface area contributed by atoms with Crippen LogP contribution in [0.4, 0.5) is 0 Å². The monoisotopic (exact) mass is 344 g/mol. The quantitative estimate of drug-likeness (QED) is 0.171. The third-order valence-electron chi connectivity index (χ3n) is 3.55. The molecule has 0 spiro atoms. The second-order valence-corrected chi connectivity index (χ2v) is 6.78. The zero-order valence-corrected chi connectivity index (χ0v) is 15.9. The van der Waals surface area contributed by atoms with Crippen molar-refractivity contribution in [2.45, 2.75) is 84.0 Å². The van der Waals surface area contributed by atoms with Gasteiger partial charge in [0.05, 0.1) is 6.61 Å². The summed E-state index contributed by atoms with van der Waals surface area (Å²) in [5.74, 6) is 0. The Labute approximate surface area is 155 Å². The molecule has 0 aromatic carbocycles. The molecule has 0 aliphatic rings. The molecule has 7 heteroatoms. The molecule has 0 saturated heterocycles. The summed E-state index contributed by atoms with van der Waals surface area (Å²) in [6.07, 6.45) is 14.3. The normalized spacial score (nSPS) is 11.4. The van der Waals surface area contributed by atoms with Crippen molar-refractivity contribution in [2.24, 2.45) is 0 Å². The van der Waals surface area contributed by atoms with Gasteiger partial charge in [0.25, 0.3) is 0 Å². The van der Waals surface area contributed by atoms with Gasteiger partial charge >= 0.3 is 18.9 Å². The minimum atomic E-state index is -4.53. The molecule has 0 atom stereocenters. The van der Waals surface area contributed by atoms with E-state index in [-0.39, 0.29) is 25.5 Å². The predicted molar refractivity (Wildman–Crippen MR) is 87.5 cm³/mol. The second kappa shape index (κ2) is 18.8. The van der Waals surface area contributed by atoms with Crippen LogP contribution in [0.15, 0.2) is 0 Å².